The standard InChI is InChI=1S/C48H30N2.C45H32N2.C36H30N2/c1-2-12-33(13-3-1)49-45-20-10-8-18-40(45)43-28-31(22-26-47(43)49)32-23-27-48-44(29-32)41-19-9-11-21-46(41)50(48)34-24-25-39-37-16-5-4-14-35(37)36-15-6-7-17-38(36)42(39)30-34;1-45(2)39-17-9-6-14-33(39)34-23-22-32(28-40(34)45)47-42-19-11-8-16-36(42)38-27-30(21-25-44(38)47)29-20-24-43-37(26-29)35-15-7-10-18-41(35)46(43)31-12-4-3-5-13-31;1-3-11-27(12-4-1)37-33-17-9-7-15-29(33)31-23-25(19-21-35(31)37)26-20-22-36-32(24-26)30-16-8-10-18-34(30)38(36)28-13-5-2-6-14-28/h1-30H;3-28H,1-2H3;1,3-4,7-12,15-24,28H,2,5-6,13-14H2. The van der Waals surface area contributed by atoms with Gasteiger partial charge in [0.2, 0.25) is 0 Å². The lowest BCUT2D eigenvalue weighted by Crippen LogP contribution is -2.15. The molecule has 0 amide bonds. The predicted molar refractivity (Wildman–Crippen MR) is 573 cm³/mol. The Balaban J connectivity index is 0.000000104. The molecule has 6 aromatic heterocycles. The zero-order valence-electron chi connectivity index (χ0n) is 75.1. The first kappa shape index (κ1) is 78.1. The fourth-order valence-electron chi connectivity index (χ4n) is 23.7. The highest BCUT2D eigenvalue weighted by atomic mass is 15.0. The molecule has 1 fully saturated rings. The second kappa shape index (κ2) is 31.2. The number of hydrogen-bond acceptors (Lipinski definition) is 0. The second-order valence-electron chi connectivity index (χ2n) is 37.6. The summed E-state index contributed by atoms with van der Waals surface area (Å²) in [5.41, 5.74) is 33.9. The molecule has 0 atom stereocenters. The predicted octanol–water partition coefficient (Wildman–Crippen LogP) is 34.9. The van der Waals surface area contributed by atoms with Crippen molar-refractivity contribution in [1.82, 2.24) is 27.4 Å². The Morgan fingerprint density at radius 3 is 0.800 bits per heavy atom. The van der Waals surface area contributed by atoms with Crippen LogP contribution in [0.5, 0.6) is 0 Å². The Kier molecular flexibility index (Phi) is 18.0. The molecular formula is C129H92N6. The molecule has 2 aliphatic carbocycles. The van der Waals surface area contributed by atoms with Crippen LogP contribution in [0.1, 0.15) is 63.1 Å². The van der Waals surface area contributed by atoms with Crippen molar-refractivity contribution < 1.29 is 0 Å². The Hall–Kier alpha value is -16.8. The molecule has 135 heavy (non-hydrogen) atoms. The van der Waals surface area contributed by atoms with Crippen molar-refractivity contribution in [2.75, 3.05) is 0 Å². The third-order valence-electron chi connectivity index (χ3n) is 29.9. The van der Waals surface area contributed by atoms with Gasteiger partial charge in [0, 0.05) is 116 Å². The van der Waals surface area contributed by atoms with Crippen LogP contribution in [0.4, 0.5) is 0 Å². The third kappa shape index (κ3) is 12.4. The summed E-state index contributed by atoms with van der Waals surface area (Å²) in [5.74, 6) is 0. The number of rotatable bonds is 9. The lowest BCUT2D eigenvalue weighted by Gasteiger charge is -2.25. The molecule has 0 spiro atoms. The Labute approximate surface area is 781 Å². The van der Waals surface area contributed by atoms with E-state index in [9.17, 15) is 0 Å². The number of hydrogen-bond donors (Lipinski definition) is 0. The average molecular weight is 1730 g/mol. The summed E-state index contributed by atoms with van der Waals surface area (Å²) in [4.78, 5) is 0. The highest BCUT2D eigenvalue weighted by Gasteiger charge is 2.36. The molecule has 6 heterocycles. The molecule has 1 saturated carbocycles. The largest absolute Gasteiger partial charge is 0.337 e. The van der Waals surface area contributed by atoms with E-state index in [0.29, 0.717) is 6.04 Å². The van der Waals surface area contributed by atoms with Crippen molar-refractivity contribution >= 4 is 163 Å². The lowest BCUT2D eigenvalue weighted by atomic mass is 9.82. The van der Waals surface area contributed by atoms with Crippen LogP contribution in [0.25, 0.3) is 236 Å². The zero-order chi connectivity index (χ0) is 89.1. The quantitative estimate of drug-likeness (QED) is 0.129. The number of nitrogens with zero attached hydrogens (tertiary/aromatic N) is 6. The Bertz CT molecular complexity index is 9480. The highest BCUT2D eigenvalue weighted by molar-refractivity contribution is 6.26. The smallest absolute Gasteiger partial charge is 0.0541 e. The third-order valence-corrected chi connectivity index (χ3v) is 29.9. The maximum absolute atomic E-state index is 2.64. The summed E-state index contributed by atoms with van der Waals surface area (Å²) in [6.07, 6.45) is 6.64. The molecule has 29 rings (SSSR count). The molecule has 6 nitrogen and oxygen atoms in total. The molecular weight excluding hydrogens is 1630 g/mol. The van der Waals surface area contributed by atoms with Gasteiger partial charge in [0.05, 0.1) is 55.2 Å². The van der Waals surface area contributed by atoms with Gasteiger partial charge in [-0.05, 0) is 271 Å². The van der Waals surface area contributed by atoms with Crippen molar-refractivity contribution in [1.29, 1.82) is 0 Å². The lowest BCUT2D eigenvalue weighted by molar-refractivity contribution is 0.367. The fraction of sp³-hybridized carbons (Fsp3) is 0.0698. The number of fused-ring (bicyclic) bond motifs is 27. The molecule has 0 radical (unpaired) electrons. The molecule has 638 valence electrons. The maximum Gasteiger partial charge on any atom is 0.0541 e. The van der Waals surface area contributed by atoms with Crippen molar-refractivity contribution in [2.45, 2.75) is 57.4 Å². The normalized spacial score (nSPS) is 13.3. The van der Waals surface area contributed by atoms with E-state index < -0.39 is 0 Å². The van der Waals surface area contributed by atoms with E-state index in [0.717, 1.165) is 0 Å². The SMILES string of the molecule is CC1(C)c2ccccc2-c2ccc(-n3c4ccccc4c4cc(-c5ccc6c(c5)c5ccccc5n6-c5ccccc5)ccc43)cc21.c1ccc(-n2c3ccccc3c3cc(-c4ccc5c(c4)c4ccccc4n5-c4ccc5c6ccccc6c6ccccc6c5c4)ccc32)cc1.c1ccc(-n2c3ccccc3c3cc(-c4ccc5c(c4)c4ccccc4n5C4CCCCC4)ccc32)cc1. The minimum atomic E-state index is -0.0455. The molecule has 6 heteroatoms. The molecule has 0 N–H and O–H groups in total. The summed E-state index contributed by atoms with van der Waals surface area (Å²) in [7, 11) is 0. The summed E-state index contributed by atoms with van der Waals surface area (Å²) in [5, 5.41) is 23.2. The van der Waals surface area contributed by atoms with Gasteiger partial charge in [-0.1, -0.05) is 318 Å². The summed E-state index contributed by atoms with van der Waals surface area (Å²) in [6.45, 7) is 4.71. The maximum atomic E-state index is 2.64. The number of aromatic nitrogens is 6. The zero-order valence-corrected chi connectivity index (χ0v) is 75.1. The van der Waals surface area contributed by atoms with Crippen molar-refractivity contribution in [3.05, 3.63) is 466 Å². The monoisotopic (exact) mass is 1720 g/mol. The van der Waals surface area contributed by atoms with E-state index in [1.54, 1.807) is 0 Å². The summed E-state index contributed by atoms with van der Waals surface area (Å²) >= 11 is 0. The van der Waals surface area contributed by atoms with Gasteiger partial charge in [-0.3, -0.25) is 0 Å². The first-order valence-electron chi connectivity index (χ1n) is 47.7. The van der Waals surface area contributed by atoms with Crippen molar-refractivity contribution in [2.24, 2.45) is 0 Å². The molecule has 0 aliphatic heterocycles. The Morgan fingerprint density at radius 1 is 0.170 bits per heavy atom. The van der Waals surface area contributed by atoms with Crippen LogP contribution >= 0.6 is 0 Å². The van der Waals surface area contributed by atoms with E-state index in [1.165, 1.54) is 279 Å². The van der Waals surface area contributed by atoms with Crippen molar-refractivity contribution in [3.63, 3.8) is 0 Å². The minimum absolute atomic E-state index is 0.0455. The van der Waals surface area contributed by atoms with E-state index in [4.69, 9.17) is 0 Å². The van der Waals surface area contributed by atoms with E-state index in [1.807, 2.05) is 0 Å². The first-order chi connectivity index (χ1) is 66.8. The molecule has 0 bridgehead atoms. The van der Waals surface area contributed by atoms with E-state index in [-0.39, 0.29) is 5.41 Å². The number of para-hydroxylation sites is 9. The van der Waals surface area contributed by atoms with Gasteiger partial charge in [0.15, 0.2) is 0 Å². The van der Waals surface area contributed by atoms with Gasteiger partial charge >= 0.3 is 0 Å². The molecule has 21 aromatic carbocycles. The topological polar surface area (TPSA) is 29.6 Å². The molecule has 0 saturated heterocycles. The van der Waals surface area contributed by atoms with Gasteiger partial charge in [-0.2, -0.15) is 0 Å². The molecule has 27 aromatic rings. The molecule has 2 aliphatic rings. The number of benzene rings is 21. The van der Waals surface area contributed by atoms with Gasteiger partial charge in [0.25, 0.3) is 0 Å². The minimum Gasteiger partial charge on any atom is -0.337 e. The van der Waals surface area contributed by atoms with Crippen molar-refractivity contribution in [3.8, 4) is 72.9 Å². The van der Waals surface area contributed by atoms with E-state index >= 15 is 0 Å². The van der Waals surface area contributed by atoms with Crippen LogP contribution in [-0.4, -0.2) is 27.4 Å². The van der Waals surface area contributed by atoms with Gasteiger partial charge in [-0.15, -0.1) is 0 Å². The van der Waals surface area contributed by atoms with Gasteiger partial charge in [0.1, 0.15) is 0 Å². The first-order valence-corrected chi connectivity index (χ1v) is 47.7. The van der Waals surface area contributed by atoms with E-state index in [2.05, 4.69) is 496 Å². The highest BCUT2D eigenvalue weighted by Crippen LogP contribution is 2.52. The van der Waals surface area contributed by atoms with Crippen LogP contribution in [-0.2, 0) is 5.41 Å². The fourth-order valence-corrected chi connectivity index (χ4v) is 23.7. The molecule has 0 unspecified atom stereocenters. The van der Waals surface area contributed by atoms with Crippen LogP contribution in [0.15, 0.2) is 455 Å². The average Bonchev–Trinajstić information content (AvgIpc) is 1.50. The Morgan fingerprint density at radius 2 is 0.422 bits per heavy atom. The van der Waals surface area contributed by atoms with Crippen LogP contribution in [0.2, 0.25) is 0 Å². The van der Waals surface area contributed by atoms with Gasteiger partial charge < -0.3 is 27.4 Å². The second-order valence-corrected chi connectivity index (χ2v) is 37.6. The summed E-state index contributed by atoms with van der Waals surface area (Å²) < 4.78 is 14.7. The van der Waals surface area contributed by atoms with Gasteiger partial charge in [-0.25, -0.2) is 0 Å². The van der Waals surface area contributed by atoms with Crippen LogP contribution < -0.4 is 0 Å². The summed E-state index contributed by atoms with van der Waals surface area (Å²) in [6, 6.07) is 168. The van der Waals surface area contributed by atoms with Crippen LogP contribution in [0, 0.1) is 0 Å². The van der Waals surface area contributed by atoms with Crippen LogP contribution in [0.3, 0.4) is 0 Å².